The molecule has 3 N–H and O–H groups in total. The van der Waals surface area contributed by atoms with Crippen molar-refractivity contribution in [2.75, 3.05) is 12.4 Å². The fraction of sp³-hybridized carbons (Fsp3) is 0.222. The Morgan fingerprint density at radius 2 is 1.67 bits per heavy atom. The maximum atomic E-state index is 9.94. The minimum Gasteiger partial charge on any atom is -0.507 e. The van der Waals surface area contributed by atoms with Crippen molar-refractivity contribution in [1.82, 2.24) is 4.98 Å². The highest BCUT2D eigenvalue weighted by atomic mass is 16.3. The van der Waals surface area contributed by atoms with Gasteiger partial charge in [0.15, 0.2) is 0 Å². The van der Waals surface area contributed by atoms with Crippen molar-refractivity contribution in [3.63, 3.8) is 0 Å². The maximum absolute atomic E-state index is 9.94. The molecular weight excluding hydrogens is 260 g/mol. The number of hydrogen-bond donors (Lipinski definition) is 3. The molecule has 0 radical (unpaired) electrons. The summed E-state index contributed by atoms with van der Waals surface area (Å²) in [6, 6.07) is 10.4. The molecule has 0 atom stereocenters. The predicted octanol–water partition coefficient (Wildman–Crippen LogP) is 4.51. The second-order valence-electron chi connectivity index (χ2n) is 5.59. The molecule has 0 fully saturated rings. The van der Waals surface area contributed by atoms with Crippen molar-refractivity contribution in [3.05, 3.63) is 47.0 Å². The molecule has 108 valence electrons. The lowest BCUT2D eigenvalue weighted by atomic mass is 10.0. The first kappa shape index (κ1) is 13.6. The third kappa shape index (κ3) is 2.15. The average Bonchev–Trinajstić information content (AvgIpc) is 2.81. The van der Waals surface area contributed by atoms with Crippen LogP contribution in [-0.4, -0.2) is 17.1 Å². The third-order valence-corrected chi connectivity index (χ3v) is 4.13. The molecule has 2 aromatic carbocycles. The van der Waals surface area contributed by atoms with Crippen LogP contribution in [0.1, 0.15) is 16.7 Å². The molecule has 1 heterocycles. The zero-order valence-electron chi connectivity index (χ0n) is 12.8. The molecule has 0 unspecified atom stereocenters. The molecule has 0 aliphatic rings. The lowest BCUT2D eigenvalue weighted by molar-refractivity contribution is 0.467. The van der Waals surface area contributed by atoms with Gasteiger partial charge in [-0.05, 0) is 73.4 Å². The molecule has 3 rings (SSSR count). The monoisotopic (exact) mass is 280 g/mol. The molecule has 0 saturated heterocycles. The number of anilines is 1. The zero-order valence-corrected chi connectivity index (χ0v) is 12.8. The van der Waals surface area contributed by atoms with Crippen LogP contribution >= 0.6 is 0 Å². The number of benzene rings is 2. The van der Waals surface area contributed by atoms with Crippen LogP contribution in [0.15, 0.2) is 30.3 Å². The van der Waals surface area contributed by atoms with E-state index in [9.17, 15) is 5.11 Å². The molecule has 0 amide bonds. The van der Waals surface area contributed by atoms with Gasteiger partial charge in [0, 0.05) is 29.3 Å². The van der Waals surface area contributed by atoms with Crippen molar-refractivity contribution in [1.29, 1.82) is 0 Å². The first-order valence-corrected chi connectivity index (χ1v) is 7.12. The van der Waals surface area contributed by atoms with Crippen molar-refractivity contribution in [2.45, 2.75) is 20.8 Å². The van der Waals surface area contributed by atoms with Gasteiger partial charge >= 0.3 is 0 Å². The second kappa shape index (κ2) is 4.85. The van der Waals surface area contributed by atoms with Crippen molar-refractivity contribution in [3.8, 4) is 17.0 Å². The van der Waals surface area contributed by atoms with Crippen LogP contribution in [-0.2, 0) is 0 Å². The summed E-state index contributed by atoms with van der Waals surface area (Å²) in [7, 11) is 1.93. The van der Waals surface area contributed by atoms with Gasteiger partial charge in [0.05, 0.1) is 0 Å². The molecular formula is C18H20N2O. The van der Waals surface area contributed by atoms with Gasteiger partial charge in [0.1, 0.15) is 5.75 Å². The van der Waals surface area contributed by atoms with Gasteiger partial charge in [-0.25, -0.2) is 0 Å². The quantitative estimate of drug-likeness (QED) is 0.647. The Morgan fingerprint density at radius 3 is 2.29 bits per heavy atom. The molecule has 3 nitrogen and oxygen atoms in total. The van der Waals surface area contributed by atoms with Crippen LogP contribution in [0, 0.1) is 20.8 Å². The fourth-order valence-corrected chi connectivity index (χ4v) is 2.87. The number of nitrogens with one attached hydrogen (secondary N) is 2. The Hall–Kier alpha value is -2.42. The van der Waals surface area contributed by atoms with Gasteiger partial charge in [-0.1, -0.05) is 0 Å². The number of phenolic OH excluding ortho intramolecular Hbond substituents is 1. The summed E-state index contributed by atoms with van der Waals surface area (Å²) in [4.78, 5) is 3.50. The number of phenols is 1. The van der Waals surface area contributed by atoms with Crippen LogP contribution in [0.2, 0.25) is 0 Å². The van der Waals surface area contributed by atoms with E-state index < -0.39 is 0 Å². The number of hydrogen-bond acceptors (Lipinski definition) is 2. The first-order chi connectivity index (χ1) is 10.0. The Balaban J connectivity index is 2.23. The number of fused-ring (bicyclic) bond motifs is 1. The van der Waals surface area contributed by atoms with Gasteiger partial charge in [0.2, 0.25) is 0 Å². The molecule has 0 spiro atoms. The van der Waals surface area contributed by atoms with E-state index in [1.807, 2.05) is 33.0 Å². The number of aromatic nitrogens is 1. The SMILES string of the molecule is CNc1ccc2[nH]c(-c3cc(C)c(O)c(C)c3)c(C)c2c1. The molecule has 0 bridgehead atoms. The summed E-state index contributed by atoms with van der Waals surface area (Å²) >= 11 is 0. The highest BCUT2D eigenvalue weighted by molar-refractivity contribution is 5.92. The Bertz CT molecular complexity index is 808. The van der Waals surface area contributed by atoms with Gasteiger partial charge in [-0.3, -0.25) is 0 Å². The molecule has 0 aliphatic heterocycles. The summed E-state index contributed by atoms with van der Waals surface area (Å²) in [6.07, 6.45) is 0. The van der Waals surface area contributed by atoms with E-state index in [-0.39, 0.29) is 0 Å². The molecule has 21 heavy (non-hydrogen) atoms. The number of aromatic amines is 1. The van der Waals surface area contributed by atoms with Crippen molar-refractivity contribution < 1.29 is 5.11 Å². The number of rotatable bonds is 2. The maximum Gasteiger partial charge on any atom is 0.121 e. The standard InChI is InChI=1S/C18H20N2O/c1-10-7-13(8-11(2)18(10)21)17-12(3)15-9-14(19-4)5-6-16(15)20-17/h5-9,19-21H,1-4H3. The van der Waals surface area contributed by atoms with E-state index in [1.54, 1.807) is 0 Å². The summed E-state index contributed by atoms with van der Waals surface area (Å²) < 4.78 is 0. The lowest BCUT2D eigenvalue weighted by Gasteiger charge is -2.07. The number of aromatic hydroxyl groups is 1. The van der Waals surface area contributed by atoms with E-state index in [0.29, 0.717) is 5.75 Å². The zero-order chi connectivity index (χ0) is 15.1. The normalized spacial score (nSPS) is 11.0. The predicted molar refractivity (Wildman–Crippen MR) is 89.2 cm³/mol. The van der Waals surface area contributed by atoms with Gasteiger partial charge in [-0.15, -0.1) is 0 Å². The van der Waals surface area contributed by atoms with Crippen LogP contribution in [0.4, 0.5) is 5.69 Å². The van der Waals surface area contributed by atoms with Crippen LogP contribution in [0.3, 0.4) is 0 Å². The summed E-state index contributed by atoms with van der Waals surface area (Å²) in [5.41, 5.74) is 7.50. The third-order valence-electron chi connectivity index (χ3n) is 4.13. The minimum absolute atomic E-state index is 0.380. The van der Waals surface area contributed by atoms with E-state index in [2.05, 4.69) is 35.4 Å². The summed E-state index contributed by atoms with van der Waals surface area (Å²) in [5.74, 6) is 0.380. The second-order valence-corrected chi connectivity index (χ2v) is 5.59. The topological polar surface area (TPSA) is 48.0 Å². The van der Waals surface area contributed by atoms with Crippen LogP contribution < -0.4 is 5.32 Å². The van der Waals surface area contributed by atoms with Crippen molar-refractivity contribution >= 4 is 16.6 Å². The largest absolute Gasteiger partial charge is 0.507 e. The minimum atomic E-state index is 0.380. The van der Waals surface area contributed by atoms with Crippen LogP contribution in [0.25, 0.3) is 22.2 Å². The first-order valence-electron chi connectivity index (χ1n) is 7.12. The number of aryl methyl sites for hydroxylation is 3. The Labute approximate surface area is 124 Å². The number of H-pyrrole nitrogens is 1. The van der Waals surface area contributed by atoms with Gasteiger partial charge in [-0.2, -0.15) is 0 Å². The van der Waals surface area contributed by atoms with Crippen LogP contribution in [0.5, 0.6) is 5.75 Å². The molecule has 1 aromatic heterocycles. The van der Waals surface area contributed by atoms with E-state index in [1.165, 1.54) is 10.9 Å². The highest BCUT2D eigenvalue weighted by Crippen LogP contribution is 2.34. The molecule has 0 aliphatic carbocycles. The smallest absolute Gasteiger partial charge is 0.121 e. The lowest BCUT2D eigenvalue weighted by Crippen LogP contribution is -1.87. The Morgan fingerprint density at radius 1 is 1.00 bits per heavy atom. The molecule has 3 aromatic rings. The Kier molecular flexibility index (Phi) is 3.13. The summed E-state index contributed by atoms with van der Waals surface area (Å²) in [5, 5.41) is 14.3. The van der Waals surface area contributed by atoms with E-state index >= 15 is 0 Å². The highest BCUT2D eigenvalue weighted by Gasteiger charge is 2.12. The molecule has 0 saturated carbocycles. The van der Waals surface area contributed by atoms with Gasteiger partial charge in [0.25, 0.3) is 0 Å². The van der Waals surface area contributed by atoms with Crippen molar-refractivity contribution in [2.24, 2.45) is 0 Å². The average molecular weight is 280 g/mol. The van der Waals surface area contributed by atoms with Gasteiger partial charge < -0.3 is 15.4 Å². The van der Waals surface area contributed by atoms with E-state index in [4.69, 9.17) is 0 Å². The fourth-order valence-electron chi connectivity index (χ4n) is 2.87. The molecule has 3 heteroatoms. The van der Waals surface area contributed by atoms with E-state index in [0.717, 1.165) is 33.6 Å². The summed E-state index contributed by atoms with van der Waals surface area (Å²) in [6.45, 7) is 6.00.